The van der Waals surface area contributed by atoms with Gasteiger partial charge in [-0.2, -0.15) is 0 Å². The highest BCUT2D eigenvalue weighted by Crippen LogP contribution is 2.28. The van der Waals surface area contributed by atoms with E-state index in [0.717, 1.165) is 4.47 Å². The Balaban J connectivity index is 2.82. The van der Waals surface area contributed by atoms with Crippen LogP contribution in [-0.4, -0.2) is 12.0 Å². The summed E-state index contributed by atoms with van der Waals surface area (Å²) < 4.78 is 6.31. The third-order valence-electron chi connectivity index (χ3n) is 1.97. The van der Waals surface area contributed by atoms with E-state index >= 15 is 0 Å². The van der Waals surface area contributed by atoms with Crippen molar-refractivity contribution in [1.29, 1.82) is 0 Å². The Hall–Kier alpha value is -0.780. The van der Waals surface area contributed by atoms with Gasteiger partial charge in [-0.05, 0) is 24.6 Å². The lowest BCUT2D eigenvalue weighted by molar-refractivity contribution is -0.128. The van der Waals surface area contributed by atoms with E-state index in [9.17, 15) is 4.79 Å². The second-order valence-corrected chi connectivity index (χ2v) is 4.42. The molecule has 1 atom stereocenters. The molecule has 0 heterocycles. The summed E-state index contributed by atoms with van der Waals surface area (Å²) in [7, 11) is 0. The van der Waals surface area contributed by atoms with E-state index in [1.807, 2.05) is 6.92 Å². The Kier molecular flexibility index (Phi) is 5.05. The van der Waals surface area contributed by atoms with Crippen LogP contribution in [0.3, 0.4) is 0 Å². The highest BCUT2D eigenvalue weighted by atomic mass is 79.9. The van der Waals surface area contributed by atoms with E-state index < -0.39 is 6.10 Å². The lowest BCUT2D eigenvalue weighted by atomic mass is 10.2. The largest absolute Gasteiger partial charge is 0.479 e. The molecule has 0 saturated carbocycles. The predicted molar refractivity (Wildman–Crippen MR) is 66.2 cm³/mol. The number of nitrogens with one attached hydrogen (secondary N) is 1. The molecule has 0 unspecified atom stereocenters. The molecule has 0 spiro atoms. The molecule has 3 N–H and O–H groups in total. The van der Waals surface area contributed by atoms with E-state index in [4.69, 9.17) is 22.2 Å². The Morgan fingerprint density at radius 3 is 2.88 bits per heavy atom. The van der Waals surface area contributed by atoms with Crippen LogP contribution in [0.4, 0.5) is 0 Å². The minimum Gasteiger partial charge on any atom is -0.479 e. The summed E-state index contributed by atoms with van der Waals surface area (Å²) in [6.07, 6.45) is -0.126. The molecule has 4 nitrogen and oxygen atoms in total. The average Bonchev–Trinajstić information content (AvgIpc) is 2.27. The van der Waals surface area contributed by atoms with Crippen LogP contribution in [0.5, 0.6) is 5.75 Å². The summed E-state index contributed by atoms with van der Waals surface area (Å²) in [4.78, 5) is 11.3. The quantitative estimate of drug-likeness (QED) is 0.509. The maximum absolute atomic E-state index is 11.3. The van der Waals surface area contributed by atoms with Gasteiger partial charge >= 0.3 is 0 Å². The van der Waals surface area contributed by atoms with Crippen molar-refractivity contribution in [1.82, 2.24) is 5.43 Å². The maximum Gasteiger partial charge on any atom is 0.274 e. The van der Waals surface area contributed by atoms with Crippen LogP contribution in [0, 0.1) is 0 Å². The number of nitrogens with two attached hydrogens (primary N) is 1. The van der Waals surface area contributed by atoms with Crippen molar-refractivity contribution in [3.63, 3.8) is 0 Å². The van der Waals surface area contributed by atoms with Crippen molar-refractivity contribution in [2.45, 2.75) is 19.4 Å². The number of carbonyl (C=O) groups excluding carboxylic acids is 1. The van der Waals surface area contributed by atoms with Gasteiger partial charge < -0.3 is 4.74 Å². The molecule has 0 aliphatic rings. The third-order valence-corrected chi connectivity index (χ3v) is 2.76. The highest BCUT2D eigenvalue weighted by molar-refractivity contribution is 9.10. The van der Waals surface area contributed by atoms with Crippen LogP contribution < -0.4 is 16.0 Å². The van der Waals surface area contributed by atoms with Crippen LogP contribution in [0.1, 0.15) is 13.3 Å². The molecule has 0 saturated heterocycles. The molecule has 0 aromatic heterocycles. The zero-order valence-corrected chi connectivity index (χ0v) is 11.0. The fourth-order valence-corrected chi connectivity index (χ4v) is 1.86. The second kappa shape index (κ2) is 6.08. The van der Waals surface area contributed by atoms with Gasteiger partial charge in [0.2, 0.25) is 0 Å². The number of rotatable bonds is 4. The molecule has 1 rings (SSSR count). The maximum atomic E-state index is 11.3. The topological polar surface area (TPSA) is 64.3 Å². The van der Waals surface area contributed by atoms with Crippen molar-refractivity contribution in [2.75, 3.05) is 0 Å². The molecule has 6 heteroatoms. The standard InChI is InChI=1S/C10H12BrClN2O2/c1-2-8(10(15)14-13)16-9-4-3-6(11)5-7(9)12/h3-5,8H,2,13H2,1H3,(H,14,15)/t8-/m1/s1. The Morgan fingerprint density at radius 1 is 1.69 bits per heavy atom. The molecule has 88 valence electrons. The monoisotopic (exact) mass is 306 g/mol. The van der Waals surface area contributed by atoms with Gasteiger partial charge in [0.1, 0.15) is 5.75 Å². The lowest BCUT2D eigenvalue weighted by Crippen LogP contribution is -2.41. The average molecular weight is 308 g/mol. The zero-order valence-electron chi connectivity index (χ0n) is 8.67. The number of hydrogen-bond donors (Lipinski definition) is 2. The van der Waals surface area contributed by atoms with Crippen molar-refractivity contribution >= 4 is 33.4 Å². The third kappa shape index (κ3) is 3.37. The van der Waals surface area contributed by atoms with Crippen molar-refractivity contribution in [2.24, 2.45) is 5.84 Å². The zero-order chi connectivity index (χ0) is 12.1. The molecular weight excluding hydrogens is 295 g/mol. The first-order valence-corrected chi connectivity index (χ1v) is 5.87. The van der Waals surface area contributed by atoms with E-state index in [1.165, 1.54) is 0 Å². The number of halogens is 2. The first kappa shape index (κ1) is 13.3. The van der Waals surface area contributed by atoms with Gasteiger partial charge in [0.05, 0.1) is 5.02 Å². The number of carbonyl (C=O) groups is 1. The summed E-state index contributed by atoms with van der Waals surface area (Å²) in [5, 5.41) is 0.442. The highest BCUT2D eigenvalue weighted by Gasteiger charge is 2.18. The van der Waals surface area contributed by atoms with Crippen molar-refractivity contribution < 1.29 is 9.53 Å². The number of hydrazine groups is 1. The summed E-state index contributed by atoms with van der Waals surface area (Å²) in [6.45, 7) is 1.83. The van der Waals surface area contributed by atoms with Gasteiger partial charge in [0.15, 0.2) is 6.10 Å². The van der Waals surface area contributed by atoms with Crippen LogP contribution >= 0.6 is 27.5 Å². The molecule has 1 aromatic carbocycles. The fourth-order valence-electron chi connectivity index (χ4n) is 1.14. The van der Waals surface area contributed by atoms with Crippen molar-refractivity contribution in [3.8, 4) is 5.75 Å². The smallest absolute Gasteiger partial charge is 0.274 e. The molecule has 0 aliphatic heterocycles. The Bertz CT molecular complexity index is 387. The molecular formula is C10H12BrClN2O2. The van der Waals surface area contributed by atoms with Gasteiger partial charge in [0, 0.05) is 4.47 Å². The van der Waals surface area contributed by atoms with Gasteiger partial charge in [-0.25, -0.2) is 5.84 Å². The summed E-state index contributed by atoms with van der Waals surface area (Å²) in [6, 6.07) is 5.18. The van der Waals surface area contributed by atoms with E-state index in [-0.39, 0.29) is 5.91 Å². The minimum absolute atomic E-state index is 0.374. The molecule has 0 fully saturated rings. The van der Waals surface area contributed by atoms with Crippen molar-refractivity contribution in [3.05, 3.63) is 27.7 Å². The van der Waals surface area contributed by atoms with Gasteiger partial charge in [-0.15, -0.1) is 0 Å². The molecule has 1 amide bonds. The Morgan fingerprint density at radius 2 is 2.38 bits per heavy atom. The number of amides is 1. The second-order valence-electron chi connectivity index (χ2n) is 3.10. The first-order chi connectivity index (χ1) is 7.58. The Labute approximate surface area is 107 Å². The summed E-state index contributed by atoms with van der Waals surface area (Å²) in [5.41, 5.74) is 2.05. The fraction of sp³-hybridized carbons (Fsp3) is 0.300. The first-order valence-electron chi connectivity index (χ1n) is 4.70. The van der Waals surface area contributed by atoms with Gasteiger partial charge in [-0.3, -0.25) is 10.2 Å². The normalized spacial score (nSPS) is 12.0. The van der Waals surface area contributed by atoms with E-state index in [1.54, 1.807) is 18.2 Å². The molecule has 0 bridgehead atoms. The molecule has 0 radical (unpaired) electrons. The van der Waals surface area contributed by atoms with Crippen LogP contribution in [-0.2, 0) is 4.79 Å². The SMILES string of the molecule is CC[C@@H](Oc1ccc(Br)cc1Cl)C(=O)NN. The van der Waals surface area contributed by atoms with E-state index in [2.05, 4.69) is 21.4 Å². The number of benzene rings is 1. The van der Waals surface area contributed by atoms with Gasteiger partial charge in [-0.1, -0.05) is 34.5 Å². The van der Waals surface area contributed by atoms with Gasteiger partial charge in [0.25, 0.3) is 5.91 Å². The van der Waals surface area contributed by atoms with Crippen LogP contribution in [0.2, 0.25) is 5.02 Å². The minimum atomic E-state index is -0.635. The van der Waals surface area contributed by atoms with Crippen LogP contribution in [0.15, 0.2) is 22.7 Å². The number of hydrogen-bond acceptors (Lipinski definition) is 3. The summed E-state index contributed by atoms with van der Waals surface area (Å²) in [5.74, 6) is 5.13. The van der Waals surface area contributed by atoms with E-state index in [0.29, 0.717) is 17.2 Å². The van der Waals surface area contributed by atoms with Crippen LogP contribution in [0.25, 0.3) is 0 Å². The lowest BCUT2D eigenvalue weighted by Gasteiger charge is -2.16. The molecule has 0 aliphatic carbocycles. The number of ether oxygens (including phenoxy) is 1. The summed E-state index contributed by atoms with van der Waals surface area (Å²) >= 11 is 9.24. The molecule has 16 heavy (non-hydrogen) atoms. The molecule has 1 aromatic rings. The predicted octanol–water partition coefficient (Wildman–Crippen LogP) is 2.25.